The minimum atomic E-state index is -0.293. The first-order valence-corrected chi connectivity index (χ1v) is 6.97. The highest BCUT2D eigenvalue weighted by Crippen LogP contribution is 2.20. The quantitative estimate of drug-likeness (QED) is 0.835. The van der Waals surface area contributed by atoms with E-state index in [0.29, 0.717) is 5.92 Å². The number of carbonyl (C=O) groups is 2. The van der Waals surface area contributed by atoms with Crippen LogP contribution in [0.3, 0.4) is 0 Å². The van der Waals surface area contributed by atoms with Gasteiger partial charge in [-0.25, -0.2) is 0 Å². The molecule has 2 rings (SSSR count). The monoisotopic (exact) mass is 311 g/mol. The molecule has 0 aromatic heterocycles. The first kappa shape index (κ1) is 17.5. The molecule has 1 heterocycles. The Morgan fingerprint density at radius 1 is 1.29 bits per heavy atom. The largest absolute Gasteiger partial charge is 0.346 e. The van der Waals surface area contributed by atoms with Crippen LogP contribution in [0.4, 0.5) is 0 Å². The summed E-state index contributed by atoms with van der Waals surface area (Å²) < 4.78 is 0. The van der Waals surface area contributed by atoms with Gasteiger partial charge in [-0.15, -0.1) is 12.4 Å². The van der Waals surface area contributed by atoms with Gasteiger partial charge in [-0.1, -0.05) is 30.3 Å². The Kier molecular flexibility index (Phi) is 7.19. The van der Waals surface area contributed by atoms with Gasteiger partial charge in [-0.05, 0) is 24.3 Å². The van der Waals surface area contributed by atoms with Crippen molar-refractivity contribution in [3.8, 4) is 0 Å². The second-order valence-electron chi connectivity index (χ2n) is 5.17. The normalized spacial score (nSPS) is 17.2. The maximum atomic E-state index is 11.9. The summed E-state index contributed by atoms with van der Waals surface area (Å²) in [5.74, 6) is 0.187. The number of rotatable bonds is 5. The van der Waals surface area contributed by atoms with Gasteiger partial charge in [0, 0.05) is 13.1 Å². The highest BCUT2D eigenvalue weighted by Gasteiger charge is 2.26. The molecule has 1 aliphatic rings. The van der Waals surface area contributed by atoms with Crippen molar-refractivity contribution in [3.63, 3.8) is 0 Å². The van der Waals surface area contributed by atoms with Crippen molar-refractivity contribution >= 4 is 24.2 Å². The van der Waals surface area contributed by atoms with Crippen molar-refractivity contribution < 1.29 is 9.59 Å². The molecule has 0 aliphatic carbocycles. The van der Waals surface area contributed by atoms with Crippen molar-refractivity contribution in [2.75, 3.05) is 26.2 Å². The van der Waals surface area contributed by atoms with Crippen molar-refractivity contribution in [1.82, 2.24) is 10.2 Å². The fourth-order valence-corrected chi connectivity index (χ4v) is 2.53. The molecule has 1 aromatic rings. The summed E-state index contributed by atoms with van der Waals surface area (Å²) in [5, 5.41) is 2.52. The summed E-state index contributed by atoms with van der Waals surface area (Å²) in [6.07, 6.45) is 2.02. The molecule has 5 nitrogen and oxygen atoms in total. The van der Waals surface area contributed by atoms with Gasteiger partial charge in [0.2, 0.25) is 11.8 Å². The molecule has 1 saturated heterocycles. The van der Waals surface area contributed by atoms with E-state index in [-0.39, 0.29) is 37.3 Å². The zero-order chi connectivity index (χ0) is 14.4. The maximum absolute atomic E-state index is 11.9. The highest BCUT2D eigenvalue weighted by atomic mass is 35.5. The molecule has 3 N–H and O–H groups in total. The van der Waals surface area contributed by atoms with E-state index in [9.17, 15) is 9.59 Å². The van der Waals surface area contributed by atoms with E-state index in [1.54, 1.807) is 0 Å². The first-order valence-electron chi connectivity index (χ1n) is 6.97. The van der Waals surface area contributed by atoms with E-state index in [0.717, 1.165) is 25.9 Å². The summed E-state index contributed by atoms with van der Waals surface area (Å²) in [6, 6.07) is 10.3. The molecule has 1 fully saturated rings. The summed E-state index contributed by atoms with van der Waals surface area (Å²) in [7, 11) is 0. The van der Waals surface area contributed by atoms with Gasteiger partial charge >= 0.3 is 0 Å². The Bertz CT molecular complexity index is 467. The lowest BCUT2D eigenvalue weighted by atomic mass is 9.99. The molecule has 1 aromatic carbocycles. The first-order chi connectivity index (χ1) is 9.69. The van der Waals surface area contributed by atoms with Crippen LogP contribution in [0.25, 0.3) is 0 Å². The minimum absolute atomic E-state index is 0. The fourth-order valence-electron chi connectivity index (χ4n) is 2.53. The number of nitrogens with zero attached hydrogens (tertiary/aromatic N) is 1. The van der Waals surface area contributed by atoms with Gasteiger partial charge in [0.15, 0.2) is 0 Å². The van der Waals surface area contributed by atoms with Crippen LogP contribution in [0.5, 0.6) is 0 Å². The molecule has 1 aliphatic heterocycles. The number of amides is 2. The standard InChI is InChI=1S/C15H21N3O2.ClH/c16-9-14(19)17-10-15(20)18-7-6-13(11-18)8-12-4-2-1-3-5-12;/h1-5,13H,6-11,16H2,(H,17,19);1H. The Labute approximate surface area is 131 Å². The van der Waals surface area contributed by atoms with Crippen LogP contribution in [-0.4, -0.2) is 42.9 Å². The molecule has 0 radical (unpaired) electrons. The zero-order valence-corrected chi connectivity index (χ0v) is 12.8. The Hall–Kier alpha value is -1.59. The van der Waals surface area contributed by atoms with Crippen LogP contribution in [0, 0.1) is 5.92 Å². The summed E-state index contributed by atoms with van der Waals surface area (Å²) in [4.78, 5) is 24.8. The van der Waals surface area contributed by atoms with E-state index < -0.39 is 0 Å². The molecule has 0 bridgehead atoms. The Morgan fingerprint density at radius 2 is 2.00 bits per heavy atom. The number of halogens is 1. The smallest absolute Gasteiger partial charge is 0.241 e. The number of carbonyl (C=O) groups excluding carboxylic acids is 2. The second kappa shape index (κ2) is 8.64. The predicted molar refractivity (Wildman–Crippen MR) is 84.1 cm³/mol. The molecule has 6 heteroatoms. The number of likely N-dealkylation sites (tertiary alicyclic amines) is 1. The molecular weight excluding hydrogens is 290 g/mol. The third-order valence-corrected chi connectivity index (χ3v) is 3.63. The fraction of sp³-hybridized carbons (Fsp3) is 0.467. The number of nitrogens with two attached hydrogens (primary N) is 1. The van der Waals surface area contributed by atoms with Crippen LogP contribution >= 0.6 is 12.4 Å². The lowest BCUT2D eigenvalue weighted by molar-refractivity contribution is -0.131. The minimum Gasteiger partial charge on any atom is -0.346 e. The molecule has 2 amide bonds. The number of hydrogen-bond donors (Lipinski definition) is 2. The highest BCUT2D eigenvalue weighted by molar-refractivity contribution is 5.85. The third-order valence-electron chi connectivity index (χ3n) is 3.63. The van der Waals surface area contributed by atoms with E-state index in [2.05, 4.69) is 17.4 Å². The molecular formula is C15H22ClN3O2. The Balaban J connectivity index is 0.00000220. The van der Waals surface area contributed by atoms with Gasteiger partial charge in [0.1, 0.15) is 0 Å². The van der Waals surface area contributed by atoms with Crippen LogP contribution in [0.15, 0.2) is 30.3 Å². The predicted octanol–water partition coefficient (Wildman–Crippen LogP) is 0.574. The van der Waals surface area contributed by atoms with Crippen LogP contribution in [-0.2, 0) is 16.0 Å². The van der Waals surface area contributed by atoms with Crippen LogP contribution < -0.4 is 11.1 Å². The molecule has 21 heavy (non-hydrogen) atoms. The molecule has 0 saturated carbocycles. The third kappa shape index (κ3) is 5.36. The van der Waals surface area contributed by atoms with Gasteiger partial charge < -0.3 is 16.0 Å². The van der Waals surface area contributed by atoms with Crippen molar-refractivity contribution in [3.05, 3.63) is 35.9 Å². The van der Waals surface area contributed by atoms with E-state index in [1.807, 2.05) is 23.1 Å². The van der Waals surface area contributed by atoms with Gasteiger partial charge in [-0.2, -0.15) is 0 Å². The molecule has 116 valence electrons. The lowest BCUT2D eigenvalue weighted by Crippen LogP contribution is -2.41. The lowest BCUT2D eigenvalue weighted by Gasteiger charge is -2.17. The van der Waals surface area contributed by atoms with Crippen molar-refractivity contribution in [2.45, 2.75) is 12.8 Å². The number of hydrogen-bond acceptors (Lipinski definition) is 3. The van der Waals surface area contributed by atoms with E-state index >= 15 is 0 Å². The van der Waals surface area contributed by atoms with Gasteiger partial charge in [0.25, 0.3) is 0 Å². The number of nitrogens with one attached hydrogen (secondary N) is 1. The SMILES string of the molecule is Cl.NCC(=O)NCC(=O)N1CCC(Cc2ccccc2)C1. The topological polar surface area (TPSA) is 75.4 Å². The van der Waals surface area contributed by atoms with Crippen molar-refractivity contribution in [1.29, 1.82) is 0 Å². The summed E-state index contributed by atoms with van der Waals surface area (Å²) >= 11 is 0. The summed E-state index contributed by atoms with van der Waals surface area (Å²) in [6.45, 7) is 1.51. The second-order valence-corrected chi connectivity index (χ2v) is 5.17. The van der Waals surface area contributed by atoms with Gasteiger partial charge in [0.05, 0.1) is 13.1 Å². The van der Waals surface area contributed by atoms with Crippen molar-refractivity contribution in [2.24, 2.45) is 11.7 Å². The van der Waals surface area contributed by atoms with E-state index in [1.165, 1.54) is 5.56 Å². The molecule has 1 atom stereocenters. The van der Waals surface area contributed by atoms with Gasteiger partial charge in [-0.3, -0.25) is 9.59 Å². The summed E-state index contributed by atoms with van der Waals surface area (Å²) in [5.41, 5.74) is 6.49. The molecule has 1 unspecified atom stereocenters. The maximum Gasteiger partial charge on any atom is 0.241 e. The zero-order valence-electron chi connectivity index (χ0n) is 12.0. The van der Waals surface area contributed by atoms with E-state index in [4.69, 9.17) is 5.73 Å². The Morgan fingerprint density at radius 3 is 2.67 bits per heavy atom. The average molecular weight is 312 g/mol. The molecule has 0 spiro atoms. The average Bonchev–Trinajstić information content (AvgIpc) is 2.94. The number of benzene rings is 1. The van der Waals surface area contributed by atoms with Crippen LogP contribution in [0.2, 0.25) is 0 Å². The van der Waals surface area contributed by atoms with Crippen LogP contribution in [0.1, 0.15) is 12.0 Å².